The molecule has 0 spiro atoms. The monoisotopic (exact) mass is 445 g/mol. The van der Waals surface area contributed by atoms with E-state index in [1.54, 1.807) is 42.1 Å². The average molecular weight is 446 g/mol. The molecular weight excluding hydrogens is 426 g/mol. The van der Waals surface area contributed by atoms with E-state index in [2.05, 4.69) is 10.4 Å². The van der Waals surface area contributed by atoms with Crippen LogP contribution in [0.3, 0.4) is 0 Å². The van der Waals surface area contributed by atoms with Gasteiger partial charge in [-0.3, -0.25) is 9.48 Å². The van der Waals surface area contributed by atoms with Crippen LogP contribution in [0.1, 0.15) is 23.0 Å². The number of ether oxygens (including phenoxy) is 1. The lowest BCUT2D eigenvalue weighted by Crippen LogP contribution is -2.16. The van der Waals surface area contributed by atoms with Crippen molar-refractivity contribution in [3.63, 3.8) is 0 Å². The van der Waals surface area contributed by atoms with Crippen molar-refractivity contribution in [1.29, 1.82) is 0 Å². The van der Waals surface area contributed by atoms with Gasteiger partial charge in [-0.2, -0.15) is 5.10 Å². The quantitative estimate of drug-likeness (QED) is 0.644. The summed E-state index contributed by atoms with van der Waals surface area (Å²) in [5, 5.41) is 7.65. The Morgan fingerprint density at radius 2 is 1.93 bits per heavy atom. The van der Waals surface area contributed by atoms with E-state index in [-0.39, 0.29) is 23.2 Å². The summed E-state index contributed by atoms with van der Waals surface area (Å²) in [6, 6.07) is 15.6. The average Bonchev–Trinajstić information content (AvgIpc) is 3.33. The van der Waals surface area contributed by atoms with E-state index in [9.17, 15) is 13.2 Å². The first-order valence-electron chi connectivity index (χ1n) is 9.36. The van der Waals surface area contributed by atoms with Gasteiger partial charge in [-0.05, 0) is 48.9 Å². The van der Waals surface area contributed by atoms with Crippen molar-refractivity contribution >= 4 is 33.0 Å². The maximum atomic E-state index is 12.8. The molecule has 156 valence electrons. The van der Waals surface area contributed by atoms with Gasteiger partial charge >= 0.3 is 0 Å². The molecule has 1 fully saturated rings. The van der Waals surface area contributed by atoms with Crippen molar-refractivity contribution in [2.45, 2.75) is 12.5 Å². The number of amides is 1. The third-order valence-electron chi connectivity index (χ3n) is 5.03. The van der Waals surface area contributed by atoms with Crippen LogP contribution < -0.4 is 10.1 Å². The molecule has 0 unspecified atom stereocenters. The third kappa shape index (κ3) is 4.20. The standard InChI is InChI=1S/C21H20ClN3O4S/c1-29-16-8-6-14(7-9-16)20-12-19(21(26)23-18-5-3-2-4-17(18)22)24-25(20)15-10-11-30(27,28)13-15/h2-9,12,15H,10-11,13H2,1H3,(H,23,26)/t15-/m1/s1. The molecule has 30 heavy (non-hydrogen) atoms. The van der Waals surface area contributed by atoms with Gasteiger partial charge in [0.25, 0.3) is 5.91 Å². The van der Waals surface area contributed by atoms with E-state index in [1.807, 2.05) is 24.3 Å². The minimum atomic E-state index is -3.12. The molecule has 2 aromatic carbocycles. The normalized spacial score (nSPS) is 17.6. The molecule has 0 radical (unpaired) electrons. The van der Waals surface area contributed by atoms with Crippen LogP contribution in [0.5, 0.6) is 5.75 Å². The molecular formula is C21H20ClN3O4S. The highest BCUT2D eigenvalue weighted by Gasteiger charge is 2.32. The van der Waals surface area contributed by atoms with Crippen LogP contribution in [0.4, 0.5) is 5.69 Å². The number of carbonyl (C=O) groups excluding carboxylic acids is 1. The summed E-state index contributed by atoms with van der Waals surface area (Å²) in [5.41, 5.74) is 2.15. The molecule has 0 bridgehead atoms. The van der Waals surface area contributed by atoms with Gasteiger partial charge in [0.05, 0.1) is 41.1 Å². The van der Waals surface area contributed by atoms with Crippen molar-refractivity contribution in [2.75, 3.05) is 23.9 Å². The molecule has 1 aromatic heterocycles. The fraction of sp³-hybridized carbons (Fsp3) is 0.238. The molecule has 7 nitrogen and oxygen atoms in total. The van der Waals surface area contributed by atoms with E-state index in [4.69, 9.17) is 16.3 Å². The molecule has 1 aliphatic heterocycles. The van der Waals surface area contributed by atoms with Crippen molar-refractivity contribution in [3.8, 4) is 17.0 Å². The number of halogens is 1. The van der Waals surface area contributed by atoms with E-state index >= 15 is 0 Å². The third-order valence-corrected chi connectivity index (χ3v) is 7.11. The Morgan fingerprint density at radius 1 is 1.20 bits per heavy atom. The van der Waals surface area contributed by atoms with Crippen LogP contribution in [0.25, 0.3) is 11.3 Å². The first-order valence-corrected chi connectivity index (χ1v) is 11.6. The number of nitrogens with zero attached hydrogens (tertiary/aromatic N) is 2. The smallest absolute Gasteiger partial charge is 0.276 e. The lowest BCUT2D eigenvalue weighted by Gasteiger charge is -2.13. The summed E-state index contributed by atoms with van der Waals surface area (Å²) in [5.74, 6) is 0.395. The Labute approximate surface area is 179 Å². The Balaban J connectivity index is 1.71. The van der Waals surface area contributed by atoms with E-state index < -0.39 is 15.7 Å². The molecule has 4 rings (SSSR count). The molecule has 1 amide bonds. The van der Waals surface area contributed by atoms with Crippen molar-refractivity contribution < 1.29 is 17.9 Å². The number of sulfone groups is 1. The number of carbonyl (C=O) groups is 1. The molecule has 1 saturated heterocycles. The summed E-state index contributed by atoms with van der Waals surface area (Å²) >= 11 is 6.13. The fourth-order valence-corrected chi connectivity index (χ4v) is 5.35. The van der Waals surface area contributed by atoms with E-state index in [0.717, 1.165) is 5.56 Å². The molecule has 1 aliphatic rings. The number of benzene rings is 2. The number of para-hydroxylation sites is 1. The van der Waals surface area contributed by atoms with Gasteiger partial charge in [0.15, 0.2) is 15.5 Å². The fourth-order valence-electron chi connectivity index (χ4n) is 3.48. The largest absolute Gasteiger partial charge is 0.497 e. The number of hydrogen-bond acceptors (Lipinski definition) is 5. The van der Waals surface area contributed by atoms with Crippen LogP contribution in [-0.2, 0) is 9.84 Å². The zero-order valence-electron chi connectivity index (χ0n) is 16.2. The van der Waals surface area contributed by atoms with Gasteiger partial charge in [-0.1, -0.05) is 23.7 Å². The molecule has 1 N–H and O–H groups in total. The highest BCUT2D eigenvalue weighted by Crippen LogP contribution is 2.31. The number of methoxy groups -OCH3 is 1. The molecule has 2 heterocycles. The first kappa shape index (κ1) is 20.4. The number of anilines is 1. The summed E-state index contributed by atoms with van der Waals surface area (Å²) < 4.78 is 30.9. The van der Waals surface area contributed by atoms with Crippen molar-refractivity contribution in [2.24, 2.45) is 0 Å². The van der Waals surface area contributed by atoms with Gasteiger partial charge in [0.1, 0.15) is 5.75 Å². The summed E-state index contributed by atoms with van der Waals surface area (Å²) in [7, 11) is -1.53. The zero-order valence-corrected chi connectivity index (χ0v) is 17.8. The van der Waals surface area contributed by atoms with Crippen LogP contribution in [0.2, 0.25) is 5.02 Å². The van der Waals surface area contributed by atoms with Gasteiger partial charge in [0, 0.05) is 5.56 Å². The number of rotatable bonds is 5. The minimum absolute atomic E-state index is 0.00338. The molecule has 0 aliphatic carbocycles. The Morgan fingerprint density at radius 3 is 2.57 bits per heavy atom. The Kier molecular flexibility index (Phi) is 5.53. The van der Waals surface area contributed by atoms with Crippen molar-refractivity contribution in [3.05, 3.63) is 65.3 Å². The van der Waals surface area contributed by atoms with Crippen LogP contribution in [0, 0.1) is 0 Å². The lowest BCUT2D eigenvalue weighted by molar-refractivity contribution is 0.102. The summed E-state index contributed by atoms with van der Waals surface area (Å²) in [6.07, 6.45) is 0.457. The van der Waals surface area contributed by atoms with E-state index in [1.165, 1.54) is 0 Å². The Bertz CT molecular complexity index is 1190. The molecule has 9 heteroatoms. The van der Waals surface area contributed by atoms with Crippen LogP contribution >= 0.6 is 11.6 Å². The number of nitrogens with one attached hydrogen (secondary N) is 1. The second kappa shape index (κ2) is 8.12. The van der Waals surface area contributed by atoms with E-state index in [0.29, 0.717) is 28.6 Å². The van der Waals surface area contributed by atoms with Gasteiger partial charge < -0.3 is 10.1 Å². The molecule has 3 aromatic rings. The lowest BCUT2D eigenvalue weighted by atomic mass is 10.1. The number of aromatic nitrogens is 2. The van der Waals surface area contributed by atoms with Crippen molar-refractivity contribution in [1.82, 2.24) is 9.78 Å². The van der Waals surface area contributed by atoms with Crippen LogP contribution in [-0.4, -0.2) is 42.7 Å². The summed E-state index contributed by atoms with van der Waals surface area (Å²) in [4.78, 5) is 12.8. The zero-order chi connectivity index (χ0) is 21.3. The predicted octanol–water partition coefficient (Wildman–Crippen LogP) is 3.82. The maximum absolute atomic E-state index is 12.8. The van der Waals surface area contributed by atoms with Crippen LogP contribution in [0.15, 0.2) is 54.6 Å². The molecule has 1 atom stereocenters. The Hall–Kier alpha value is -2.84. The second-order valence-electron chi connectivity index (χ2n) is 7.08. The maximum Gasteiger partial charge on any atom is 0.276 e. The first-order chi connectivity index (χ1) is 14.4. The SMILES string of the molecule is COc1ccc(-c2cc(C(=O)Nc3ccccc3Cl)nn2[C@@H]2CCS(=O)(=O)C2)cc1. The number of hydrogen-bond donors (Lipinski definition) is 1. The van der Waals surface area contributed by atoms with Gasteiger partial charge in [0.2, 0.25) is 0 Å². The minimum Gasteiger partial charge on any atom is -0.497 e. The highest BCUT2D eigenvalue weighted by atomic mass is 35.5. The second-order valence-corrected chi connectivity index (χ2v) is 9.71. The van der Waals surface area contributed by atoms with Gasteiger partial charge in [-0.25, -0.2) is 8.42 Å². The molecule has 0 saturated carbocycles. The topological polar surface area (TPSA) is 90.3 Å². The predicted molar refractivity (Wildman–Crippen MR) is 116 cm³/mol. The summed E-state index contributed by atoms with van der Waals surface area (Å²) in [6.45, 7) is 0. The van der Waals surface area contributed by atoms with Gasteiger partial charge in [-0.15, -0.1) is 0 Å². The highest BCUT2D eigenvalue weighted by molar-refractivity contribution is 7.91.